The van der Waals surface area contributed by atoms with Crippen molar-refractivity contribution < 1.29 is 18.4 Å². The molecular weight excluding hydrogens is 564 g/mol. The highest BCUT2D eigenvalue weighted by Crippen LogP contribution is 2.50. The molecule has 230 valence electrons. The molecule has 0 radical (unpaired) electrons. The van der Waals surface area contributed by atoms with Crippen molar-refractivity contribution in [2.75, 3.05) is 13.1 Å². The lowest BCUT2D eigenvalue weighted by molar-refractivity contribution is -0.123. The number of nitrogens with one attached hydrogen (secondary N) is 3. The molecule has 2 aliphatic carbocycles. The molecule has 4 aromatic rings. The Labute approximate surface area is 253 Å². The summed E-state index contributed by atoms with van der Waals surface area (Å²) in [5, 5.41) is 9.88. The molecule has 2 bridgehead atoms. The lowest BCUT2D eigenvalue weighted by Crippen LogP contribution is -2.52. The van der Waals surface area contributed by atoms with E-state index in [2.05, 4.69) is 26.6 Å². The largest absolute Gasteiger partial charge is 0.348 e. The van der Waals surface area contributed by atoms with Crippen molar-refractivity contribution in [3.05, 3.63) is 47.4 Å². The first-order valence-electron chi connectivity index (χ1n) is 15.9. The van der Waals surface area contributed by atoms with E-state index in [0.29, 0.717) is 54.1 Å². The number of fused-ring (bicyclic) bond motifs is 4. The van der Waals surface area contributed by atoms with Crippen LogP contribution in [0, 0.1) is 29.5 Å². The SMILES string of the molecule is C[C@H]1NC(=O)[C@H]2C[C@@H]2CC[C@@H]2C[C@@H]2Cn2c(-c3nc4cc(C(=O)N[C@H]5CNCC[C@@H]5F)c(F)cc4n3C)cc3ccc1nc32. The number of imidazole rings is 1. The summed E-state index contributed by atoms with van der Waals surface area (Å²) in [5.41, 5.74) is 3.42. The Kier molecular flexibility index (Phi) is 6.51. The summed E-state index contributed by atoms with van der Waals surface area (Å²) >= 11 is 0. The molecule has 3 aromatic heterocycles. The maximum atomic E-state index is 15.3. The van der Waals surface area contributed by atoms with E-state index in [9.17, 15) is 14.0 Å². The molecule has 2 amide bonds. The fourth-order valence-electron chi connectivity index (χ4n) is 7.42. The third-order valence-corrected chi connectivity index (χ3v) is 10.4. The molecule has 2 aliphatic heterocycles. The van der Waals surface area contributed by atoms with E-state index < -0.39 is 23.9 Å². The van der Waals surface area contributed by atoms with E-state index >= 15 is 4.39 Å². The highest BCUT2D eigenvalue weighted by Gasteiger charge is 2.45. The molecule has 7 atom stereocenters. The van der Waals surface area contributed by atoms with Crippen molar-refractivity contribution >= 4 is 33.9 Å². The third kappa shape index (κ3) is 4.76. The summed E-state index contributed by atoms with van der Waals surface area (Å²) in [6.07, 6.45) is 3.50. The van der Waals surface area contributed by atoms with Gasteiger partial charge in [-0.05, 0) is 87.6 Å². The first-order chi connectivity index (χ1) is 21.2. The summed E-state index contributed by atoms with van der Waals surface area (Å²) in [6, 6.07) is 7.96. The number of amides is 2. The molecule has 4 aliphatic rings. The maximum Gasteiger partial charge on any atom is 0.254 e. The molecule has 8 rings (SSSR count). The number of benzene rings is 1. The predicted octanol–water partition coefficient (Wildman–Crippen LogP) is 4.40. The summed E-state index contributed by atoms with van der Waals surface area (Å²) < 4.78 is 33.8. The van der Waals surface area contributed by atoms with Crippen LogP contribution in [0.5, 0.6) is 0 Å². The Bertz CT molecular complexity index is 1810. The minimum absolute atomic E-state index is 0.129. The lowest BCUT2D eigenvalue weighted by atomic mass is 10.0. The van der Waals surface area contributed by atoms with Gasteiger partial charge in [0.15, 0.2) is 5.82 Å². The van der Waals surface area contributed by atoms with Crippen LogP contribution in [-0.2, 0) is 18.4 Å². The van der Waals surface area contributed by atoms with Gasteiger partial charge in [-0.2, -0.15) is 0 Å². The van der Waals surface area contributed by atoms with Gasteiger partial charge in [-0.15, -0.1) is 0 Å². The first kappa shape index (κ1) is 27.7. The Morgan fingerprint density at radius 2 is 1.91 bits per heavy atom. The van der Waals surface area contributed by atoms with Crippen LogP contribution in [0.2, 0.25) is 0 Å². The van der Waals surface area contributed by atoms with Crippen LogP contribution in [-0.4, -0.2) is 56.2 Å². The smallest absolute Gasteiger partial charge is 0.254 e. The number of nitrogens with zero attached hydrogens (tertiary/aromatic N) is 4. The fraction of sp³-hybridized carbons (Fsp3) is 0.515. The molecule has 5 heterocycles. The van der Waals surface area contributed by atoms with Crippen LogP contribution in [0.25, 0.3) is 33.6 Å². The van der Waals surface area contributed by atoms with E-state index in [4.69, 9.17) is 9.97 Å². The van der Waals surface area contributed by atoms with Gasteiger partial charge in [-0.25, -0.2) is 18.7 Å². The molecule has 3 fully saturated rings. The van der Waals surface area contributed by atoms with Gasteiger partial charge >= 0.3 is 0 Å². The highest BCUT2D eigenvalue weighted by atomic mass is 19.1. The van der Waals surface area contributed by atoms with Gasteiger partial charge in [0.1, 0.15) is 17.6 Å². The van der Waals surface area contributed by atoms with E-state index in [1.54, 1.807) is 0 Å². The number of aromatic nitrogens is 4. The van der Waals surface area contributed by atoms with Gasteiger partial charge in [-0.3, -0.25) is 9.59 Å². The molecule has 1 saturated heterocycles. The van der Waals surface area contributed by atoms with Crippen LogP contribution in [0.1, 0.15) is 61.1 Å². The molecule has 0 spiro atoms. The van der Waals surface area contributed by atoms with Crippen molar-refractivity contribution in [3.8, 4) is 11.5 Å². The second-order valence-corrected chi connectivity index (χ2v) is 13.4. The molecule has 2 saturated carbocycles. The molecule has 1 aromatic carbocycles. The van der Waals surface area contributed by atoms with Crippen LogP contribution in [0.4, 0.5) is 8.78 Å². The van der Waals surface area contributed by atoms with Crippen LogP contribution >= 0.6 is 0 Å². The second kappa shape index (κ2) is 10.4. The molecule has 44 heavy (non-hydrogen) atoms. The van der Waals surface area contributed by atoms with Gasteiger partial charge in [0.05, 0.1) is 40.1 Å². The Hall–Kier alpha value is -3.86. The Morgan fingerprint density at radius 3 is 2.75 bits per heavy atom. The molecule has 11 heteroatoms. The zero-order valence-corrected chi connectivity index (χ0v) is 24.9. The number of rotatable bonds is 3. The molecule has 0 unspecified atom stereocenters. The molecule has 9 nitrogen and oxygen atoms in total. The predicted molar refractivity (Wildman–Crippen MR) is 162 cm³/mol. The summed E-state index contributed by atoms with van der Waals surface area (Å²) in [7, 11) is 1.85. The zero-order chi connectivity index (χ0) is 30.3. The number of aryl methyl sites for hydroxylation is 1. The van der Waals surface area contributed by atoms with Crippen molar-refractivity contribution in [3.63, 3.8) is 0 Å². The van der Waals surface area contributed by atoms with Crippen LogP contribution < -0.4 is 16.0 Å². The second-order valence-electron chi connectivity index (χ2n) is 13.4. The number of alkyl halides is 1. The normalized spacial score (nSPS) is 30.0. The number of pyridine rings is 1. The van der Waals surface area contributed by atoms with E-state index in [-0.39, 0.29) is 23.4 Å². The molecular formula is C33H37F2N7O2. The van der Waals surface area contributed by atoms with Crippen molar-refractivity contribution in [1.82, 2.24) is 35.1 Å². The average Bonchev–Trinajstić information content (AvgIpc) is 3.89. The van der Waals surface area contributed by atoms with Gasteiger partial charge in [0.25, 0.3) is 5.91 Å². The summed E-state index contributed by atoms with van der Waals surface area (Å²) in [4.78, 5) is 35.9. The maximum absolute atomic E-state index is 15.3. The highest BCUT2D eigenvalue weighted by molar-refractivity contribution is 5.98. The van der Waals surface area contributed by atoms with Crippen LogP contribution in [0.15, 0.2) is 30.3 Å². The number of carbonyl (C=O) groups excluding carboxylic acids is 2. The monoisotopic (exact) mass is 601 g/mol. The van der Waals surface area contributed by atoms with Gasteiger partial charge in [0.2, 0.25) is 5.91 Å². The Morgan fingerprint density at radius 1 is 1.07 bits per heavy atom. The fourth-order valence-corrected chi connectivity index (χ4v) is 7.42. The lowest BCUT2D eigenvalue weighted by Gasteiger charge is -2.27. The summed E-state index contributed by atoms with van der Waals surface area (Å²) in [5.74, 6) is 1.24. The van der Waals surface area contributed by atoms with Crippen molar-refractivity contribution in [2.45, 2.75) is 63.8 Å². The quantitative estimate of drug-likeness (QED) is 0.323. The Balaban J connectivity index is 1.18. The minimum Gasteiger partial charge on any atom is -0.348 e. The number of hydrogen-bond donors (Lipinski definition) is 3. The van der Waals surface area contributed by atoms with E-state index in [1.807, 2.05) is 30.7 Å². The van der Waals surface area contributed by atoms with Gasteiger partial charge in [0, 0.05) is 37.5 Å². The third-order valence-electron chi connectivity index (χ3n) is 10.4. The summed E-state index contributed by atoms with van der Waals surface area (Å²) in [6.45, 7) is 3.64. The van der Waals surface area contributed by atoms with Crippen molar-refractivity contribution in [2.24, 2.45) is 30.7 Å². The number of halogens is 2. The van der Waals surface area contributed by atoms with Crippen molar-refractivity contribution in [1.29, 1.82) is 0 Å². The zero-order valence-electron chi connectivity index (χ0n) is 24.9. The average molecular weight is 602 g/mol. The molecule has 3 N–H and O–H groups in total. The standard InChI is InChI=1S/C33H37F2N7O2/c1-16-25-6-5-19-11-29(42(30(19)38-25)15-20-9-17(20)3-4-18-10-21(18)32(43)37-16)31-39-26-12-22(24(35)13-28(26)41(31)2)33(44)40-27-14-36-8-7-23(27)34/h5-6,11-13,16-18,20-21,23,27,36H,3-4,7-10,14-15H2,1-2H3,(H,37,43)(H,40,44)/t16-,17-,18+,20-,21+,23+,27+/m1/s1. The number of hydrogen-bond acceptors (Lipinski definition) is 5. The van der Waals surface area contributed by atoms with Gasteiger partial charge < -0.3 is 25.1 Å². The first-order valence-corrected chi connectivity index (χ1v) is 15.9. The van der Waals surface area contributed by atoms with E-state index in [1.165, 1.54) is 12.1 Å². The number of piperidine rings is 1. The van der Waals surface area contributed by atoms with E-state index in [0.717, 1.165) is 54.6 Å². The topological polar surface area (TPSA) is 106 Å². The van der Waals surface area contributed by atoms with Gasteiger partial charge in [-0.1, -0.05) is 0 Å². The minimum atomic E-state index is -1.18. The number of carbonyl (C=O) groups is 2. The van der Waals surface area contributed by atoms with Crippen LogP contribution in [0.3, 0.4) is 0 Å².